The van der Waals surface area contributed by atoms with E-state index in [0.717, 1.165) is 90.3 Å². The lowest BCUT2D eigenvalue weighted by atomic mass is 9.82. The number of rotatable bonds is 20. The van der Waals surface area contributed by atoms with Gasteiger partial charge < -0.3 is 19.7 Å². The molecular formula is C78H76N4O14. The fourth-order valence-electron chi connectivity index (χ4n) is 15.4. The van der Waals surface area contributed by atoms with E-state index < -0.39 is 0 Å². The Balaban J connectivity index is 0.000000157. The molecule has 1 saturated heterocycles. The maximum atomic E-state index is 13.8. The van der Waals surface area contributed by atoms with Gasteiger partial charge in [0.25, 0.3) is 47.3 Å². The summed E-state index contributed by atoms with van der Waals surface area (Å²) < 4.78 is 10.1. The van der Waals surface area contributed by atoms with Gasteiger partial charge in [0.1, 0.15) is 0 Å². The van der Waals surface area contributed by atoms with Crippen LogP contribution >= 0.6 is 0 Å². The van der Waals surface area contributed by atoms with Gasteiger partial charge >= 0.3 is 11.9 Å². The molecule has 10 aromatic rings. The molecule has 1 fully saturated rings. The van der Waals surface area contributed by atoms with Gasteiger partial charge in [0, 0.05) is 117 Å². The number of aliphatic hydroxyl groups excluding tert-OH is 2. The number of aliphatic hydroxyl groups is 2. The van der Waals surface area contributed by atoms with Crippen molar-refractivity contribution in [2.24, 2.45) is 0 Å². The smallest absolute Gasteiger partial charge is 0.305 e. The second-order valence-corrected chi connectivity index (χ2v) is 25.6. The minimum atomic E-state index is -0.356. The topological polar surface area (TPSA) is 243 Å². The van der Waals surface area contributed by atoms with Crippen LogP contribution < -0.4 is 0 Å². The van der Waals surface area contributed by atoms with Gasteiger partial charge in [0.05, 0.1) is 13.2 Å². The van der Waals surface area contributed by atoms with E-state index in [1.54, 1.807) is 24.3 Å². The van der Waals surface area contributed by atoms with Gasteiger partial charge in [-0.25, -0.2) is 0 Å². The highest BCUT2D eigenvalue weighted by Crippen LogP contribution is 2.49. The summed E-state index contributed by atoms with van der Waals surface area (Å²) in [5.41, 5.74) is 3.97. The molecule has 10 aromatic carbocycles. The van der Waals surface area contributed by atoms with Gasteiger partial charge in [-0.3, -0.25) is 67.5 Å². The number of imide groups is 4. The van der Waals surface area contributed by atoms with E-state index in [9.17, 15) is 47.9 Å². The maximum absolute atomic E-state index is 13.8. The third-order valence-corrected chi connectivity index (χ3v) is 20.3. The Morgan fingerprint density at radius 1 is 0.385 bits per heavy atom. The number of hydrogen-bond donors (Lipinski definition) is 2. The molecule has 0 bridgehead atoms. The average molecular weight is 1290 g/mol. The second kappa shape index (κ2) is 26.8. The van der Waals surface area contributed by atoms with Crippen LogP contribution in [-0.4, -0.2) is 141 Å². The molecule has 0 saturated carbocycles. The van der Waals surface area contributed by atoms with Crippen molar-refractivity contribution < 1.29 is 67.6 Å². The number of hydrogen-bond acceptors (Lipinski definition) is 14. The molecule has 2 N–H and O–H groups in total. The lowest BCUT2D eigenvalue weighted by molar-refractivity contribution is -0.144. The Hall–Kier alpha value is -9.78. The Labute approximate surface area is 553 Å². The Morgan fingerprint density at radius 2 is 0.698 bits per heavy atom. The van der Waals surface area contributed by atoms with E-state index in [1.807, 2.05) is 100 Å². The van der Waals surface area contributed by atoms with Gasteiger partial charge in [-0.15, -0.1) is 0 Å². The fraction of sp³-hybridized carbons (Fsp3) is 0.359. The predicted octanol–water partition coefficient (Wildman–Crippen LogP) is 14.0. The summed E-state index contributed by atoms with van der Waals surface area (Å²) in [6.45, 7) is 9.39. The van der Waals surface area contributed by atoms with E-state index in [4.69, 9.17) is 19.7 Å². The van der Waals surface area contributed by atoms with Gasteiger partial charge in [-0.05, 0) is 197 Å². The molecule has 0 aromatic heterocycles. The monoisotopic (exact) mass is 1290 g/mol. The standard InChI is InChI=1S/C39H38N2O7.C33H28N2O5.C6H10O2/c1-3-22(4-2)41-38(46)29-17-13-25-23-11-15-27-34-28(16-12-24(32(23)34)26-14-18-30(39(41)47)35(29)33(25)26)37(45)40(36(27)44)19-7-9-21-48-31(43)10-6-5-8-20-42;1-3-17(4-2)35-32(39)24-13-9-20-18-7-11-22-28-23(31(38)34(30(22)37)15-5-6-16-36)12-8-19(26(18)28)21-10-14-25(33(35)40)29(24)27(20)21;7-6-4-2-1-3-5-8-6/h11-18,22,42H,3-10,19-21H2,1-2H3;7-14,17,36H,3-6,15-16H2,1-2H3;1-5H2. The van der Waals surface area contributed by atoms with Crippen LogP contribution in [0.5, 0.6) is 0 Å². The van der Waals surface area contributed by atoms with E-state index >= 15 is 0 Å². The third kappa shape index (κ3) is 10.6. The number of unbranched alkanes of at least 4 members (excludes halogenated alkanes) is 4. The molecule has 5 aliphatic rings. The van der Waals surface area contributed by atoms with Gasteiger partial charge in [-0.2, -0.15) is 0 Å². The Morgan fingerprint density at radius 3 is 1.02 bits per heavy atom. The van der Waals surface area contributed by atoms with Crippen molar-refractivity contribution in [3.63, 3.8) is 0 Å². The number of cyclic esters (lactones) is 1. The molecule has 0 atom stereocenters. The van der Waals surface area contributed by atoms with E-state index in [-0.39, 0.29) is 104 Å². The largest absolute Gasteiger partial charge is 0.466 e. The summed E-state index contributed by atoms with van der Waals surface area (Å²) in [5, 5.41) is 30.9. The zero-order chi connectivity index (χ0) is 67.4. The summed E-state index contributed by atoms with van der Waals surface area (Å²) in [4.78, 5) is 137. The number of carbonyl (C=O) groups excluding carboxylic acids is 10. The SMILES string of the molecule is CCC(CC)N1C(=O)c2ccc3c4ccc5c6c(ccc(c7ccc(c2c37)C1=O)c64)C(=O)N(CCCCO)C5=O.CCC(CC)N1C(=O)c2ccc3c4ccc5c6c(ccc(c7ccc(c2c37)C1=O)c64)C(=O)N(CCCCOC(=O)CCCCCO)C5=O.O=C1CCCCCO1. The van der Waals surface area contributed by atoms with Crippen LogP contribution in [0.2, 0.25) is 0 Å². The zero-order valence-electron chi connectivity index (χ0n) is 54.5. The van der Waals surface area contributed by atoms with Crippen LogP contribution in [0.15, 0.2) is 97.1 Å². The molecule has 0 aliphatic carbocycles. The molecular weight excluding hydrogens is 1220 g/mol. The first-order chi connectivity index (χ1) is 46.6. The third-order valence-electron chi connectivity index (χ3n) is 20.3. The first-order valence-corrected chi connectivity index (χ1v) is 34.1. The van der Waals surface area contributed by atoms with Crippen LogP contribution in [0.1, 0.15) is 213 Å². The summed E-state index contributed by atoms with van der Waals surface area (Å²) >= 11 is 0. The number of benzene rings is 10. The van der Waals surface area contributed by atoms with Crippen molar-refractivity contribution in [3.8, 4) is 0 Å². The molecule has 0 unspecified atom stereocenters. The highest BCUT2D eigenvalue weighted by Gasteiger charge is 2.41. The highest BCUT2D eigenvalue weighted by molar-refractivity contribution is 6.43. The second-order valence-electron chi connectivity index (χ2n) is 25.6. The summed E-state index contributed by atoms with van der Waals surface area (Å²) in [5.74, 6) is -2.74. The molecule has 18 heteroatoms. The number of esters is 2. The molecule has 0 spiro atoms. The van der Waals surface area contributed by atoms with Crippen molar-refractivity contribution in [1.29, 1.82) is 0 Å². The van der Waals surface area contributed by atoms with Crippen LogP contribution in [0.4, 0.5) is 0 Å². The van der Waals surface area contributed by atoms with Crippen molar-refractivity contribution in [1.82, 2.24) is 19.6 Å². The normalized spacial score (nSPS) is 15.5. The van der Waals surface area contributed by atoms with E-state index in [0.29, 0.717) is 150 Å². The van der Waals surface area contributed by atoms with Crippen molar-refractivity contribution in [2.45, 2.75) is 143 Å². The van der Waals surface area contributed by atoms with Gasteiger partial charge in [0.15, 0.2) is 0 Å². The number of ether oxygens (including phenoxy) is 2. The first kappa shape index (κ1) is 64.9. The average Bonchev–Trinajstić information content (AvgIpc) is 0.702. The molecule has 492 valence electrons. The van der Waals surface area contributed by atoms with Crippen molar-refractivity contribution in [2.75, 3.05) is 39.5 Å². The quantitative estimate of drug-likeness (QED) is 0.0237. The van der Waals surface area contributed by atoms with Crippen LogP contribution in [0.3, 0.4) is 0 Å². The lowest BCUT2D eigenvalue weighted by Crippen LogP contribution is -2.46. The summed E-state index contributed by atoms with van der Waals surface area (Å²) in [7, 11) is 0. The van der Waals surface area contributed by atoms with Crippen LogP contribution in [-0.2, 0) is 19.1 Å². The van der Waals surface area contributed by atoms with Gasteiger partial charge in [-0.1, -0.05) is 82.6 Å². The molecule has 18 nitrogen and oxygen atoms in total. The first-order valence-electron chi connectivity index (χ1n) is 34.1. The minimum Gasteiger partial charge on any atom is -0.466 e. The molecule has 8 amide bonds. The summed E-state index contributed by atoms with van der Waals surface area (Å²) in [6.07, 6.45) is 11.1. The van der Waals surface area contributed by atoms with Crippen molar-refractivity contribution in [3.05, 3.63) is 142 Å². The number of nitrogens with zero attached hydrogens (tertiary/aromatic N) is 4. The number of amides is 8. The minimum absolute atomic E-state index is 0.0104. The maximum Gasteiger partial charge on any atom is 0.305 e. The Kier molecular flexibility index (Phi) is 18.1. The van der Waals surface area contributed by atoms with Gasteiger partial charge in [0.2, 0.25) is 0 Å². The van der Waals surface area contributed by atoms with E-state index in [1.165, 1.54) is 19.6 Å². The van der Waals surface area contributed by atoms with Crippen molar-refractivity contribution >= 4 is 145 Å². The lowest BCUT2D eigenvalue weighted by Gasteiger charge is -2.33. The summed E-state index contributed by atoms with van der Waals surface area (Å²) in [6, 6.07) is 29.4. The number of carbonyl (C=O) groups is 10. The van der Waals surface area contributed by atoms with Crippen LogP contribution in [0.25, 0.3) is 86.2 Å². The Bertz CT molecular complexity index is 4660. The molecule has 96 heavy (non-hydrogen) atoms. The molecule has 0 radical (unpaired) electrons. The molecule has 5 heterocycles. The zero-order valence-corrected chi connectivity index (χ0v) is 54.5. The van der Waals surface area contributed by atoms with Crippen LogP contribution in [0, 0.1) is 0 Å². The molecule has 5 aliphatic heterocycles. The predicted molar refractivity (Wildman–Crippen MR) is 367 cm³/mol. The molecule has 15 rings (SSSR count). The fourth-order valence-corrected chi connectivity index (χ4v) is 15.4. The van der Waals surface area contributed by atoms with E-state index in [2.05, 4.69) is 0 Å². The highest BCUT2D eigenvalue weighted by atomic mass is 16.5. The number of fused-ring (bicyclic) bond motifs is 4.